The van der Waals surface area contributed by atoms with Crippen LogP contribution in [-0.2, 0) is 0 Å². The Bertz CT molecular complexity index is 497. The van der Waals surface area contributed by atoms with E-state index >= 15 is 0 Å². The smallest absolute Gasteiger partial charge is 0.164 e. The maximum absolute atomic E-state index is 5.39. The van der Waals surface area contributed by atoms with E-state index in [1.165, 1.54) is 0 Å². The summed E-state index contributed by atoms with van der Waals surface area (Å²) in [7, 11) is 6.98. The first kappa shape index (κ1) is 15.4. The molecule has 6 heteroatoms. The van der Waals surface area contributed by atoms with Crippen LogP contribution in [0.1, 0.15) is 5.56 Å². The minimum Gasteiger partial charge on any atom is -0.496 e. The van der Waals surface area contributed by atoms with E-state index in [9.17, 15) is 0 Å². The minimum absolute atomic E-state index is 0.645. The molecule has 1 heterocycles. The first-order valence-corrected chi connectivity index (χ1v) is 6.95. The van der Waals surface area contributed by atoms with Gasteiger partial charge in [-0.25, -0.2) is 0 Å². The van der Waals surface area contributed by atoms with Crippen LogP contribution in [0.15, 0.2) is 17.2 Å². The lowest BCUT2D eigenvalue weighted by molar-refractivity contribution is 0.159. The van der Waals surface area contributed by atoms with E-state index < -0.39 is 0 Å². The summed E-state index contributed by atoms with van der Waals surface area (Å²) in [6.07, 6.45) is 1.81. The third-order valence-electron chi connectivity index (χ3n) is 3.58. The van der Waals surface area contributed by atoms with Gasteiger partial charge in [0.2, 0.25) is 0 Å². The van der Waals surface area contributed by atoms with Gasteiger partial charge in [-0.1, -0.05) is 0 Å². The van der Waals surface area contributed by atoms with Gasteiger partial charge in [-0.05, 0) is 13.1 Å². The van der Waals surface area contributed by atoms with Crippen molar-refractivity contribution < 1.29 is 14.2 Å². The lowest BCUT2D eigenvalue weighted by Crippen LogP contribution is -2.41. The molecular weight excluding hydrogens is 270 g/mol. The Labute approximate surface area is 125 Å². The molecule has 0 amide bonds. The largest absolute Gasteiger partial charge is 0.496 e. The molecule has 0 aliphatic carbocycles. The van der Waals surface area contributed by atoms with Crippen molar-refractivity contribution >= 4 is 6.21 Å². The molecule has 1 aromatic rings. The Hall–Kier alpha value is -1.95. The highest BCUT2D eigenvalue weighted by Gasteiger charge is 2.13. The van der Waals surface area contributed by atoms with Crippen LogP contribution in [-0.4, -0.2) is 70.7 Å². The van der Waals surface area contributed by atoms with E-state index in [1.54, 1.807) is 21.3 Å². The number of methoxy groups -OCH3 is 3. The van der Waals surface area contributed by atoms with Crippen molar-refractivity contribution in [1.82, 2.24) is 9.91 Å². The molecular formula is C15H23N3O3. The van der Waals surface area contributed by atoms with Crippen molar-refractivity contribution in [3.8, 4) is 17.2 Å². The number of ether oxygens (including phenoxy) is 3. The molecule has 1 aliphatic heterocycles. The zero-order chi connectivity index (χ0) is 15.2. The van der Waals surface area contributed by atoms with Crippen molar-refractivity contribution in [2.24, 2.45) is 5.10 Å². The van der Waals surface area contributed by atoms with Gasteiger partial charge in [0.15, 0.2) is 11.5 Å². The number of rotatable bonds is 5. The van der Waals surface area contributed by atoms with Gasteiger partial charge in [0.05, 0.1) is 27.5 Å². The van der Waals surface area contributed by atoms with Crippen molar-refractivity contribution in [3.05, 3.63) is 17.7 Å². The molecule has 1 saturated heterocycles. The summed E-state index contributed by atoms with van der Waals surface area (Å²) >= 11 is 0. The predicted octanol–water partition coefficient (Wildman–Crippen LogP) is 1.29. The molecule has 0 spiro atoms. The average Bonchev–Trinajstić information content (AvgIpc) is 2.53. The summed E-state index contributed by atoms with van der Waals surface area (Å²) in [6, 6.07) is 3.68. The van der Waals surface area contributed by atoms with Gasteiger partial charge in [0.25, 0.3) is 0 Å². The van der Waals surface area contributed by atoms with Crippen molar-refractivity contribution in [2.45, 2.75) is 0 Å². The summed E-state index contributed by atoms with van der Waals surface area (Å²) in [5.74, 6) is 2.02. The standard InChI is InChI=1S/C15H23N3O3/c1-17-5-7-18(8-6-17)16-11-12-9-14(20-3)15(21-4)10-13(12)19-2/h9-11H,5-8H2,1-4H3/b16-11-. The van der Waals surface area contributed by atoms with Gasteiger partial charge in [0.1, 0.15) is 5.75 Å². The minimum atomic E-state index is 0.645. The molecule has 0 radical (unpaired) electrons. The number of hydrogen-bond donors (Lipinski definition) is 0. The molecule has 1 aliphatic rings. The number of piperazine rings is 1. The second kappa shape index (κ2) is 7.17. The summed E-state index contributed by atoms with van der Waals surface area (Å²) in [5.41, 5.74) is 0.870. The predicted molar refractivity (Wildman–Crippen MR) is 82.8 cm³/mol. The number of nitrogens with zero attached hydrogens (tertiary/aromatic N) is 3. The SMILES string of the molecule is COc1cc(OC)c(OC)cc1/C=N\N1CCN(C)CC1. The third-order valence-corrected chi connectivity index (χ3v) is 3.58. The fourth-order valence-electron chi connectivity index (χ4n) is 2.21. The van der Waals surface area contributed by atoms with E-state index in [0.29, 0.717) is 17.2 Å². The topological polar surface area (TPSA) is 46.5 Å². The molecule has 0 unspecified atom stereocenters. The van der Waals surface area contributed by atoms with Crippen LogP contribution in [0.3, 0.4) is 0 Å². The Morgan fingerprint density at radius 2 is 1.48 bits per heavy atom. The number of benzene rings is 1. The molecule has 1 aromatic carbocycles. The maximum atomic E-state index is 5.39. The molecule has 0 N–H and O–H groups in total. The van der Waals surface area contributed by atoms with Gasteiger partial charge in [0, 0.05) is 37.8 Å². The van der Waals surface area contributed by atoms with Gasteiger partial charge < -0.3 is 19.1 Å². The maximum Gasteiger partial charge on any atom is 0.164 e. The lowest BCUT2D eigenvalue weighted by atomic mass is 10.2. The molecule has 0 saturated carbocycles. The first-order chi connectivity index (χ1) is 10.2. The van der Waals surface area contributed by atoms with Gasteiger partial charge in [-0.3, -0.25) is 5.01 Å². The summed E-state index contributed by atoms with van der Waals surface area (Å²) in [4.78, 5) is 2.29. The third kappa shape index (κ3) is 3.78. The van der Waals surface area contributed by atoms with E-state index in [-0.39, 0.29) is 0 Å². The Morgan fingerprint density at radius 1 is 0.905 bits per heavy atom. The highest BCUT2D eigenvalue weighted by molar-refractivity contribution is 5.85. The monoisotopic (exact) mass is 293 g/mol. The number of likely N-dealkylation sites (N-methyl/N-ethyl adjacent to an activating group) is 1. The van der Waals surface area contributed by atoms with Gasteiger partial charge >= 0.3 is 0 Å². The van der Waals surface area contributed by atoms with Crippen LogP contribution < -0.4 is 14.2 Å². The average molecular weight is 293 g/mol. The molecule has 116 valence electrons. The van der Waals surface area contributed by atoms with Crippen LogP contribution in [0.2, 0.25) is 0 Å². The lowest BCUT2D eigenvalue weighted by Gasteiger charge is -2.30. The quantitative estimate of drug-likeness (QED) is 0.766. The normalized spacial score (nSPS) is 16.3. The van der Waals surface area contributed by atoms with E-state index in [1.807, 2.05) is 18.3 Å². The van der Waals surface area contributed by atoms with Crippen molar-refractivity contribution in [2.75, 3.05) is 54.6 Å². The molecule has 6 nitrogen and oxygen atoms in total. The summed E-state index contributed by atoms with van der Waals surface area (Å²) in [6.45, 7) is 3.92. The zero-order valence-corrected chi connectivity index (χ0v) is 13.1. The number of hydrazone groups is 1. The second-order valence-electron chi connectivity index (χ2n) is 4.95. The highest BCUT2D eigenvalue weighted by Crippen LogP contribution is 2.33. The number of hydrogen-bond acceptors (Lipinski definition) is 6. The Morgan fingerprint density at radius 3 is 2.05 bits per heavy atom. The van der Waals surface area contributed by atoms with Crippen LogP contribution in [0.4, 0.5) is 0 Å². The molecule has 0 aromatic heterocycles. The molecule has 1 fully saturated rings. The summed E-state index contributed by atoms with van der Waals surface area (Å²) < 4.78 is 16.0. The highest BCUT2D eigenvalue weighted by atomic mass is 16.5. The van der Waals surface area contributed by atoms with Crippen LogP contribution in [0, 0.1) is 0 Å². The fourth-order valence-corrected chi connectivity index (χ4v) is 2.21. The van der Waals surface area contributed by atoms with Gasteiger partial charge in [-0.2, -0.15) is 5.10 Å². The van der Waals surface area contributed by atoms with Crippen LogP contribution >= 0.6 is 0 Å². The Balaban J connectivity index is 2.18. The second-order valence-corrected chi connectivity index (χ2v) is 4.95. The molecule has 21 heavy (non-hydrogen) atoms. The molecule has 2 rings (SSSR count). The Kier molecular flexibility index (Phi) is 5.27. The van der Waals surface area contributed by atoms with Crippen LogP contribution in [0.5, 0.6) is 17.2 Å². The first-order valence-electron chi connectivity index (χ1n) is 6.95. The van der Waals surface area contributed by atoms with Crippen molar-refractivity contribution in [3.63, 3.8) is 0 Å². The summed E-state index contributed by atoms with van der Waals surface area (Å²) in [5, 5.41) is 6.60. The molecule has 0 bridgehead atoms. The fraction of sp³-hybridized carbons (Fsp3) is 0.533. The van der Waals surface area contributed by atoms with Crippen LogP contribution in [0.25, 0.3) is 0 Å². The zero-order valence-electron chi connectivity index (χ0n) is 13.1. The van der Waals surface area contributed by atoms with Gasteiger partial charge in [-0.15, -0.1) is 0 Å². The molecule has 0 atom stereocenters. The van der Waals surface area contributed by atoms with Crippen molar-refractivity contribution in [1.29, 1.82) is 0 Å². The van der Waals surface area contributed by atoms with E-state index in [2.05, 4.69) is 22.1 Å². The van der Waals surface area contributed by atoms with E-state index in [0.717, 1.165) is 31.7 Å². The van der Waals surface area contributed by atoms with E-state index in [4.69, 9.17) is 14.2 Å².